The number of aliphatic carboxylic acids is 1. The molecule has 0 aromatic carbocycles. The van der Waals surface area contributed by atoms with E-state index in [1.807, 2.05) is 22.9 Å². The fourth-order valence-corrected chi connectivity index (χ4v) is 6.62. The number of nitrogens with two attached hydrogens (primary N) is 2. The molecule has 0 saturated carbocycles. The number of oxime groups is 1. The van der Waals surface area contributed by atoms with Crippen molar-refractivity contribution >= 4 is 69.3 Å². The zero-order valence-electron chi connectivity index (χ0n) is 21.1. The van der Waals surface area contributed by atoms with Gasteiger partial charge in [-0.1, -0.05) is 10.3 Å². The fourth-order valence-electron chi connectivity index (χ4n) is 4.21. The van der Waals surface area contributed by atoms with Crippen molar-refractivity contribution in [3.05, 3.63) is 41.6 Å². The summed E-state index contributed by atoms with van der Waals surface area (Å²) in [7, 11) is 0. The van der Waals surface area contributed by atoms with Crippen molar-refractivity contribution < 1.29 is 28.9 Å². The van der Waals surface area contributed by atoms with E-state index in [-0.39, 0.29) is 35.5 Å². The molecule has 6 N–H and O–H groups in total. The number of amides is 2. The van der Waals surface area contributed by atoms with E-state index in [1.54, 1.807) is 29.4 Å². The highest BCUT2D eigenvalue weighted by molar-refractivity contribution is 8.00. The lowest BCUT2D eigenvalue weighted by molar-refractivity contribution is -0.662. The van der Waals surface area contributed by atoms with Crippen LogP contribution in [-0.4, -0.2) is 88.5 Å². The molecule has 18 heteroatoms. The molecule has 3 aromatic rings. The number of thioether (sulfide) groups is 2. The number of carbonyl (C=O) groups excluding carboxylic acids is 2. The summed E-state index contributed by atoms with van der Waals surface area (Å²) in [5, 5.41) is 21.4. The Morgan fingerprint density at radius 2 is 2.23 bits per heavy atom. The van der Waals surface area contributed by atoms with Gasteiger partial charge in [0.05, 0.1) is 0 Å². The number of hydrogen-bond donors (Lipinski definition) is 4. The molecular formula is C22H25N10O5S3+. The molecule has 2 aliphatic heterocycles. The largest absolute Gasteiger partial charge is 0.477 e. The van der Waals surface area contributed by atoms with Crippen molar-refractivity contribution in [3.63, 3.8) is 0 Å². The molecule has 1 saturated heterocycles. The smallest absolute Gasteiger partial charge is 0.352 e. The minimum atomic E-state index is -1.22. The number of imidazole rings is 1. The SMILES string of the molecule is CCO/N=C(\C(=O)N[C@@H]1C(=O)N2C(C(=O)O)=C(C[n+]3ccn4nc(SCCN)ccc43)CS[C@H]12)c1nsc(N)n1. The summed E-state index contributed by atoms with van der Waals surface area (Å²) in [5.74, 6) is -1.44. The van der Waals surface area contributed by atoms with E-state index in [4.69, 9.17) is 16.3 Å². The number of nitrogens with one attached hydrogen (secondary N) is 1. The second-order valence-electron chi connectivity index (χ2n) is 8.47. The van der Waals surface area contributed by atoms with Gasteiger partial charge < -0.3 is 26.7 Å². The van der Waals surface area contributed by atoms with E-state index in [0.29, 0.717) is 17.9 Å². The van der Waals surface area contributed by atoms with Crippen molar-refractivity contribution in [3.8, 4) is 0 Å². The zero-order valence-corrected chi connectivity index (χ0v) is 23.5. The maximum atomic E-state index is 13.2. The van der Waals surface area contributed by atoms with E-state index < -0.39 is 29.2 Å². The van der Waals surface area contributed by atoms with Gasteiger partial charge in [-0.2, -0.15) is 9.36 Å². The molecule has 0 aliphatic carbocycles. The number of nitrogen functional groups attached to an aromatic ring is 1. The van der Waals surface area contributed by atoms with E-state index in [9.17, 15) is 19.5 Å². The molecule has 0 radical (unpaired) electrons. The Morgan fingerprint density at radius 1 is 1.40 bits per heavy atom. The Hall–Kier alpha value is -3.74. The molecule has 15 nitrogen and oxygen atoms in total. The minimum Gasteiger partial charge on any atom is -0.477 e. The molecule has 2 atom stereocenters. The predicted octanol–water partition coefficient (Wildman–Crippen LogP) is -0.714. The standard InChI is InChI=1S/C22H24N10O5S3/c1-2-37-28-14(17-26-22(24)40-29-17)18(33)25-15-19(34)32-16(21(35)36)11(10-39-20(15)32)9-30-6-7-31-13(30)4-3-12(27-31)38-8-5-23/h3-4,6-7,15,20H,2,5,8-10,23H2,1H3,(H3-,24,25,26,29,33,35,36)/p+1/b28-14-/t15-,20-/m1/s1. The van der Waals surface area contributed by atoms with Crippen molar-refractivity contribution in [1.82, 2.24) is 29.2 Å². The molecule has 3 aromatic heterocycles. The van der Waals surface area contributed by atoms with Crippen LogP contribution in [0.15, 0.2) is 46.0 Å². The summed E-state index contributed by atoms with van der Waals surface area (Å²) >= 11 is 3.79. The third-order valence-corrected chi connectivity index (χ3v) is 8.75. The number of carboxylic acid groups (broad SMARTS) is 1. The number of β-lactam (4-membered cyclic amide) rings is 1. The molecule has 40 heavy (non-hydrogen) atoms. The van der Waals surface area contributed by atoms with Crippen molar-refractivity contribution in [2.45, 2.75) is 29.9 Å². The van der Waals surface area contributed by atoms with Crippen molar-refractivity contribution in [2.24, 2.45) is 10.9 Å². The number of anilines is 1. The molecule has 1 fully saturated rings. The Morgan fingerprint density at radius 3 is 2.92 bits per heavy atom. The molecule has 5 rings (SSSR count). The lowest BCUT2D eigenvalue weighted by Gasteiger charge is -2.49. The predicted molar refractivity (Wildman–Crippen MR) is 147 cm³/mol. The number of nitrogens with zero attached hydrogens (tertiary/aromatic N) is 7. The van der Waals surface area contributed by atoms with Crippen LogP contribution >= 0.6 is 35.1 Å². The lowest BCUT2D eigenvalue weighted by Crippen LogP contribution is -2.71. The van der Waals surface area contributed by atoms with E-state index >= 15 is 0 Å². The fraction of sp³-hybridized carbons (Fsp3) is 0.364. The highest BCUT2D eigenvalue weighted by Crippen LogP contribution is 2.40. The monoisotopic (exact) mass is 605 g/mol. The van der Waals surface area contributed by atoms with Gasteiger partial charge in [0.25, 0.3) is 11.8 Å². The highest BCUT2D eigenvalue weighted by Gasteiger charge is 2.54. The van der Waals surface area contributed by atoms with Crippen LogP contribution in [0.2, 0.25) is 0 Å². The second-order valence-corrected chi connectivity index (χ2v) is 11.5. The number of carboxylic acids is 1. The first-order chi connectivity index (χ1) is 19.3. The van der Waals surface area contributed by atoms with Gasteiger partial charge in [-0.3, -0.25) is 14.5 Å². The van der Waals surface area contributed by atoms with E-state index in [1.165, 1.54) is 16.7 Å². The van der Waals surface area contributed by atoms with Gasteiger partial charge in [0.2, 0.25) is 11.5 Å². The van der Waals surface area contributed by atoms with Crippen LogP contribution in [0.3, 0.4) is 0 Å². The molecule has 0 bridgehead atoms. The van der Waals surface area contributed by atoms with Crippen LogP contribution in [0, 0.1) is 0 Å². The first-order valence-corrected chi connectivity index (χ1v) is 14.8. The van der Waals surface area contributed by atoms with Crippen molar-refractivity contribution in [2.75, 3.05) is 30.4 Å². The van der Waals surface area contributed by atoms with Crippen LogP contribution in [0.1, 0.15) is 12.7 Å². The summed E-state index contributed by atoms with van der Waals surface area (Å²) in [6.45, 7) is 2.68. The molecule has 5 heterocycles. The molecular weight excluding hydrogens is 581 g/mol. The van der Waals surface area contributed by atoms with Crippen LogP contribution < -0.4 is 21.4 Å². The maximum absolute atomic E-state index is 13.2. The third kappa shape index (κ3) is 5.34. The molecule has 210 valence electrons. The third-order valence-electron chi connectivity index (χ3n) is 5.92. The second kappa shape index (κ2) is 11.8. The van der Waals surface area contributed by atoms with E-state index in [0.717, 1.165) is 28.0 Å². The lowest BCUT2D eigenvalue weighted by atomic mass is 10.0. The Bertz CT molecular complexity index is 1540. The first kappa shape index (κ1) is 27.8. The summed E-state index contributed by atoms with van der Waals surface area (Å²) in [5.41, 5.74) is 12.2. The summed E-state index contributed by atoms with van der Waals surface area (Å²) < 4.78 is 7.58. The highest BCUT2D eigenvalue weighted by atomic mass is 32.2. The number of rotatable bonds is 11. The average molecular weight is 606 g/mol. The van der Waals surface area contributed by atoms with Gasteiger partial charge in [0.15, 0.2) is 11.3 Å². The molecule has 0 unspecified atom stereocenters. The Kier molecular flexibility index (Phi) is 8.19. The summed E-state index contributed by atoms with van der Waals surface area (Å²) in [6.07, 6.45) is 3.59. The quantitative estimate of drug-likeness (QED) is 0.0703. The number of carbonyl (C=O) groups is 3. The zero-order chi connectivity index (χ0) is 28.4. The molecule has 2 amide bonds. The van der Waals surface area contributed by atoms with Gasteiger partial charge >= 0.3 is 11.6 Å². The van der Waals surface area contributed by atoms with Crippen LogP contribution in [-0.2, 0) is 25.8 Å². The number of aromatic nitrogens is 5. The maximum Gasteiger partial charge on any atom is 0.352 e. The summed E-state index contributed by atoms with van der Waals surface area (Å²) in [4.78, 5) is 48.7. The minimum absolute atomic E-state index is 0.0295. The summed E-state index contributed by atoms with van der Waals surface area (Å²) in [6, 6.07) is 2.82. The van der Waals surface area contributed by atoms with Crippen LogP contribution in [0.5, 0.6) is 0 Å². The average Bonchev–Trinajstić information content (AvgIpc) is 3.55. The number of hydrogen-bond acceptors (Lipinski definition) is 13. The van der Waals surface area contributed by atoms with Gasteiger partial charge in [0, 0.05) is 41.2 Å². The Labute approximate surface area is 239 Å². The van der Waals surface area contributed by atoms with Gasteiger partial charge in [0.1, 0.15) is 41.5 Å². The van der Waals surface area contributed by atoms with Gasteiger partial charge in [-0.25, -0.2) is 9.36 Å². The van der Waals surface area contributed by atoms with E-state index in [2.05, 4.69) is 24.9 Å². The van der Waals surface area contributed by atoms with Gasteiger partial charge in [-0.05, 0) is 13.0 Å². The number of fused-ring (bicyclic) bond motifs is 2. The molecule has 2 aliphatic rings. The molecule has 0 spiro atoms. The first-order valence-electron chi connectivity index (χ1n) is 12.0. The normalized spacial score (nSPS) is 19.0. The van der Waals surface area contributed by atoms with Crippen LogP contribution in [0.4, 0.5) is 5.13 Å². The topological polar surface area (TPSA) is 207 Å². The Balaban J connectivity index is 1.34. The van der Waals surface area contributed by atoms with Crippen molar-refractivity contribution in [1.29, 1.82) is 0 Å². The van der Waals surface area contributed by atoms with Crippen LogP contribution in [0.25, 0.3) is 5.65 Å². The van der Waals surface area contributed by atoms with Gasteiger partial charge in [-0.15, -0.1) is 28.0 Å².